The highest BCUT2D eigenvalue weighted by atomic mass is 16.5. The quantitative estimate of drug-likeness (QED) is 0.841. The number of nitrogens with zero attached hydrogens (tertiary/aromatic N) is 1. The Hall–Kier alpha value is -2.50. The first-order chi connectivity index (χ1) is 13.6. The number of hydrogen-bond acceptors (Lipinski definition) is 4. The lowest BCUT2D eigenvalue weighted by atomic mass is 9.92. The van der Waals surface area contributed by atoms with Gasteiger partial charge in [0.1, 0.15) is 0 Å². The fourth-order valence-electron chi connectivity index (χ4n) is 4.63. The van der Waals surface area contributed by atoms with Gasteiger partial charge < -0.3 is 19.8 Å². The predicted molar refractivity (Wildman–Crippen MR) is 109 cm³/mol. The molecule has 1 fully saturated rings. The minimum absolute atomic E-state index is 0.133. The predicted octanol–water partition coefficient (Wildman–Crippen LogP) is 2.30. The summed E-state index contributed by atoms with van der Waals surface area (Å²) in [6.07, 6.45) is 4.29. The Kier molecular flexibility index (Phi) is 4.11. The molecular formula is C23H28N3O2+. The molecule has 5 rings (SSSR count). The number of ether oxygens (including phenoxy) is 2. The van der Waals surface area contributed by atoms with Gasteiger partial charge in [0, 0.05) is 5.56 Å². The molecule has 3 aliphatic rings. The average Bonchev–Trinajstić information content (AvgIpc) is 3.17. The first-order valence-corrected chi connectivity index (χ1v) is 10.1. The van der Waals surface area contributed by atoms with Crippen molar-refractivity contribution in [1.29, 1.82) is 0 Å². The first kappa shape index (κ1) is 17.6. The number of aryl methyl sites for hydroxylation is 1. The van der Waals surface area contributed by atoms with Crippen LogP contribution >= 0.6 is 0 Å². The minimum atomic E-state index is -0.352. The van der Waals surface area contributed by atoms with E-state index in [2.05, 4.69) is 60.8 Å². The summed E-state index contributed by atoms with van der Waals surface area (Å²) in [4.78, 5) is 1.56. The molecule has 5 nitrogen and oxygen atoms in total. The van der Waals surface area contributed by atoms with Crippen molar-refractivity contribution >= 4 is 5.70 Å². The fraction of sp³-hybridized carbons (Fsp3) is 0.391. The van der Waals surface area contributed by atoms with E-state index in [9.17, 15) is 0 Å². The summed E-state index contributed by atoms with van der Waals surface area (Å²) < 4.78 is 12.4. The molecule has 0 bridgehead atoms. The molecule has 0 aliphatic carbocycles. The Labute approximate surface area is 166 Å². The van der Waals surface area contributed by atoms with E-state index >= 15 is 0 Å². The van der Waals surface area contributed by atoms with E-state index in [0.29, 0.717) is 0 Å². The summed E-state index contributed by atoms with van der Waals surface area (Å²) in [5, 5.41) is 2.34. The lowest BCUT2D eigenvalue weighted by Crippen LogP contribution is -3.11. The van der Waals surface area contributed by atoms with E-state index in [0.717, 1.165) is 48.7 Å². The number of quaternary nitrogens is 1. The molecule has 146 valence electrons. The van der Waals surface area contributed by atoms with Crippen LogP contribution in [0.2, 0.25) is 0 Å². The molecule has 0 aromatic heterocycles. The molecular weight excluding hydrogens is 350 g/mol. The number of fused-ring (bicyclic) bond motifs is 4. The van der Waals surface area contributed by atoms with Crippen molar-refractivity contribution in [3.8, 4) is 11.5 Å². The monoisotopic (exact) mass is 378 g/mol. The maximum absolute atomic E-state index is 6.74. The SMILES string of the molecule is COc1cccc2c1OC1(CC[NH+](C)CC1)N1NC(c3ccc(C)cc3)=C[C@@H]21. The van der Waals surface area contributed by atoms with E-state index in [-0.39, 0.29) is 11.8 Å². The highest BCUT2D eigenvalue weighted by Gasteiger charge is 2.53. The zero-order chi connectivity index (χ0) is 19.3. The second kappa shape index (κ2) is 6.54. The first-order valence-electron chi connectivity index (χ1n) is 10.1. The lowest BCUT2D eigenvalue weighted by molar-refractivity contribution is -0.888. The number of hydrazine groups is 1. The van der Waals surface area contributed by atoms with E-state index in [1.165, 1.54) is 11.1 Å². The summed E-state index contributed by atoms with van der Waals surface area (Å²) in [5.74, 6) is 1.72. The van der Waals surface area contributed by atoms with E-state index < -0.39 is 0 Å². The highest BCUT2D eigenvalue weighted by molar-refractivity contribution is 5.68. The van der Waals surface area contributed by atoms with Gasteiger partial charge in [0.05, 0.1) is 51.8 Å². The number of piperidine rings is 1. The van der Waals surface area contributed by atoms with E-state index in [1.54, 1.807) is 12.0 Å². The second-order valence-corrected chi connectivity index (χ2v) is 8.26. The molecule has 28 heavy (non-hydrogen) atoms. The zero-order valence-corrected chi connectivity index (χ0v) is 16.8. The Morgan fingerprint density at radius 1 is 1.14 bits per heavy atom. The molecule has 5 heteroatoms. The molecule has 3 heterocycles. The van der Waals surface area contributed by atoms with Crippen molar-refractivity contribution in [3.05, 3.63) is 65.2 Å². The van der Waals surface area contributed by atoms with Gasteiger partial charge in [-0.1, -0.05) is 42.0 Å². The van der Waals surface area contributed by atoms with Crippen molar-refractivity contribution in [2.45, 2.75) is 31.5 Å². The third-order valence-electron chi connectivity index (χ3n) is 6.37. The Morgan fingerprint density at radius 3 is 2.61 bits per heavy atom. The molecule has 1 saturated heterocycles. The minimum Gasteiger partial charge on any atom is -0.493 e. The maximum Gasteiger partial charge on any atom is 0.191 e. The molecule has 0 unspecified atom stereocenters. The van der Waals surface area contributed by atoms with Crippen LogP contribution in [-0.2, 0) is 0 Å². The number of likely N-dealkylation sites (tertiary alicyclic amines) is 1. The largest absolute Gasteiger partial charge is 0.493 e. The van der Waals surface area contributed by atoms with Crippen molar-refractivity contribution in [3.63, 3.8) is 0 Å². The Bertz CT molecular complexity index is 914. The smallest absolute Gasteiger partial charge is 0.191 e. The second-order valence-electron chi connectivity index (χ2n) is 8.26. The van der Waals surface area contributed by atoms with Crippen molar-refractivity contribution in [2.24, 2.45) is 0 Å². The average molecular weight is 378 g/mol. The summed E-state index contributed by atoms with van der Waals surface area (Å²) in [7, 11) is 3.98. The standard InChI is InChI=1S/C23H27N3O2/c1-16-7-9-17(10-8-16)19-15-20-18-5-4-6-21(27-3)22(18)28-23(26(20)24-19)11-13-25(2)14-12-23/h4-10,15,20,24H,11-14H2,1-3H3/p+1/t20-/m0/s1. The van der Waals surface area contributed by atoms with Crippen LogP contribution in [0.5, 0.6) is 11.5 Å². The molecule has 0 radical (unpaired) electrons. The van der Waals surface area contributed by atoms with Crippen LogP contribution in [0.25, 0.3) is 5.70 Å². The van der Waals surface area contributed by atoms with Crippen molar-refractivity contribution < 1.29 is 14.4 Å². The number of benzene rings is 2. The Balaban J connectivity index is 1.60. The van der Waals surface area contributed by atoms with E-state index in [4.69, 9.17) is 9.47 Å². The van der Waals surface area contributed by atoms with Gasteiger partial charge in [-0.3, -0.25) is 0 Å². The van der Waals surface area contributed by atoms with Gasteiger partial charge in [0.2, 0.25) is 0 Å². The van der Waals surface area contributed by atoms with Crippen LogP contribution in [0.4, 0.5) is 0 Å². The highest BCUT2D eigenvalue weighted by Crippen LogP contribution is 2.50. The summed E-state index contributed by atoms with van der Waals surface area (Å²) in [5.41, 5.74) is 8.13. The maximum atomic E-state index is 6.74. The third kappa shape index (κ3) is 2.69. The molecule has 2 aromatic carbocycles. The van der Waals surface area contributed by atoms with Gasteiger partial charge in [-0.15, -0.1) is 0 Å². The Morgan fingerprint density at radius 2 is 1.89 bits per heavy atom. The fourth-order valence-corrected chi connectivity index (χ4v) is 4.63. The normalized spacial score (nSPS) is 28.8. The van der Waals surface area contributed by atoms with Gasteiger partial charge in [-0.25, -0.2) is 0 Å². The van der Waals surface area contributed by atoms with Crippen LogP contribution in [0.1, 0.15) is 35.6 Å². The number of nitrogens with one attached hydrogen (secondary N) is 2. The lowest BCUT2D eigenvalue weighted by Gasteiger charge is -2.50. The van der Waals surface area contributed by atoms with Crippen LogP contribution in [-0.4, -0.2) is 38.0 Å². The zero-order valence-electron chi connectivity index (χ0n) is 16.8. The number of rotatable bonds is 2. The molecule has 0 amide bonds. The topological polar surface area (TPSA) is 38.2 Å². The van der Waals surface area contributed by atoms with Gasteiger partial charge >= 0.3 is 0 Å². The van der Waals surface area contributed by atoms with Crippen molar-refractivity contribution in [2.75, 3.05) is 27.2 Å². The van der Waals surface area contributed by atoms with Gasteiger partial charge in [0.25, 0.3) is 0 Å². The summed E-state index contributed by atoms with van der Waals surface area (Å²) in [6.45, 7) is 4.31. The summed E-state index contributed by atoms with van der Waals surface area (Å²) >= 11 is 0. The molecule has 2 aromatic rings. The molecule has 2 N–H and O–H groups in total. The van der Waals surface area contributed by atoms with Crippen molar-refractivity contribution in [1.82, 2.24) is 10.4 Å². The van der Waals surface area contributed by atoms with Crippen LogP contribution in [0, 0.1) is 6.92 Å². The van der Waals surface area contributed by atoms with Crippen LogP contribution in [0.15, 0.2) is 48.5 Å². The van der Waals surface area contributed by atoms with E-state index in [1.807, 2.05) is 12.1 Å². The molecule has 0 saturated carbocycles. The number of hydrogen-bond donors (Lipinski definition) is 2. The molecule has 3 aliphatic heterocycles. The summed E-state index contributed by atoms with van der Waals surface area (Å²) in [6, 6.07) is 15.0. The number of para-hydroxylation sites is 1. The molecule has 1 atom stereocenters. The van der Waals surface area contributed by atoms with Crippen LogP contribution < -0.4 is 19.8 Å². The third-order valence-corrected chi connectivity index (χ3v) is 6.37. The van der Waals surface area contributed by atoms with Gasteiger partial charge in [-0.2, -0.15) is 5.01 Å². The molecule has 1 spiro atoms. The van der Waals surface area contributed by atoms with Crippen LogP contribution in [0.3, 0.4) is 0 Å². The number of methoxy groups -OCH3 is 1. The van der Waals surface area contributed by atoms with Gasteiger partial charge in [0.15, 0.2) is 17.2 Å². The van der Waals surface area contributed by atoms with Gasteiger partial charge in [-0.05, 0) is 24.6 Å².